The Morgan fingerprint density at radius 3 is 2.00 bits per heavy atom. The summed E-state index contributed by atoms with van der Waals surface area (Å²) in [4.78, 5) is 11.5. The highest BCUT2D eigenvalue weighted by Crippen LogP contribution is 2.11. The molecular formula is C11H23NO6. The van der Waals surface area contributed by atoms with Gasteiger partial charge in [-0.05, 0) is 5.41 Å². The van der Waals surface area contributed by atoms with Crippen LogP contribution in [0.25, 0.3) is 0 Å². The molecule has 0 aromatic heterocycles. The Kier molecular flexibility index (Phi) is 6.72. The van der Waals surface area contributed by atoms with Gasteiger partial charge in [-0.1, -0.05) is 20.8 Å². The predicted molar refractivity (Wildman–Crippen MR) is 63.6 cm³/mol. The molecule has 0 saturated heterocycles. The minimum absolute atomic E-state index is 0.191. The molecule has 0 aliphatic carbocycles. The van der Waals surface area contributed by atoms with Crippen molar-refractivity contribution in [1.29, 1.82) is 0 Å². The number of aliphatic hydroxyl groups excluding tert-OH is 5. The fourth-order valence-electron chi connectivity index (χ4n) is 1.13. The van der Waals surface area contributed by atoms with E-state index in [0.717, 1.165) is 0 Å². The molecule has 0 spiro atoms. The van der Waals surface area contributed by atoms with E-state index >= 15 is 0 Å². The Labute approximate surface area is 106 Å². The van der Waals surface area contributed by atoms with Crippen molar-refractivity contribution in [3.05, 3.63) is 0 Å². The average Bonchev–Trinajstić information content (AvgIpc) is 2.31. The highest BCUT2D eigenvalue weighted by atomic mass is 16.4. The molecule has 0 bridgehead atoms. The Bertz CT molecular complexity index is 265. The molecule has 0 rings (SSSR count). The monoisotopic (exact) mass is 265 g/mol. The van der Waals surface area contributed by atoms with Crippen LogP contribution in [-0.4, -0.2) is 69.0 Å². The maximum Gasteiger partial charge on any atom is 0.251 e. The van der Waals surface area contributed by atoms with Crippen molar-refractivity contribution in [3.8, 4) is 0 Å². The summed E-state index contributed by atoms with van der Waals surface area (Å²) in [6.45, 7) is 5.13. The van der Waals surface area contributed by atoms with Gasteiger partial charge in [0.2, 0.25) is 0 Å². The van der Waals surface area contributed by atoms with Gasteiger partial charge in [-0.2, -0.15) is 0 Å². The molecule has 1 amide bonds. The summed E-state index contributed by atoms with van der Waals surface area (Å²) in [5.41, 5.74) is -0.191. The van der Waals surface area contributed by atoms with Gasteiger partial charge in [-0.15, -0.1) is 0 Å². The lowest BCUT2D eigenvalue weighted by atomic mass is 9.96. The van der Waals surface area contributed by atoms with Gasteiger partial charge < -0.3 is 30.8 Å². The fraction of sp³-hybridized carbons (Fsp3) is 0.909. The highest BCUT2D eigenvalue weighted by Gasteiger charge is 2.34. The first kappa shape index (κ1) is 17.3. The number of nitrogens with one attached hydrogen (secondary N) is 1. The maximum atomic E-state index is 11.5. The van der Waals surface area contributed by atoms with E-state index in [1.165, 1.54) is 0 Å². The van der Waals surface area contributed by atoms with Crippen LogP contribution in [0.1, 0.15) is 20.8 Å². The zero-order valence-electron chi connectivity index (χ0n) is 10.9. The van der Waals surface area contributed by atoms with Gasteiger partial charge in [-0.3, -0.25) is 4.79 Å². The summed E-state index contributed by atoms with van der Waals surface area (Å²) < 4.78 is 0. The Morgan fingerprint density at radius 1 is 1.11 bits per heavy atom. The number of aliphatic hydroxyl groups is 5. The molecule has 0 aliphatic rings. The van der Waals surface area contributed by atoms with E-state index < -0.39 is 36.9 Å². The number of carbonyl (C=O) groups is 1. The van der Waals surface area contributed by atoms with E-state index in [1.807, 2.05) is 20.8 Å². The molecule has 7 nitrogen and oxygen atoms in total. The Hall–Kier alpha value is -0.730. The molecule has 18 heavy (non-hydrogen) atoms. The molecule has 4 atom stereocenters. The average molecular weight is 265 g/mol. The van der Waals surface area contributed by atoms with Gasteiger partial charge in [0.25, 0.3) is 5.91 Å². The van der Waals surface area contributed by atoms with E-state index in [9.17, 15) is 20.1 Å². The zero-order chi connectivity index (χ0) is 14.5. The molecule has 0 aromatic carbocycles. The van der Waals surface area contributed by atoms with E-state index in [-0.39, 0.29) is 12.0 Å². The molecule has 0 fully saturated rings. The zero-order valence-corrected chi connectivity index (χ0v) is 10.9. The molecule has 0 heterocycles. The summed E-state index contributed by atoms with van der Waals surface area (Å²) in [7, 11) is 0. The van der Waals surface area contributed by atoms with Crippen LogP contribution in [0, 0.1) is 5.41 Å². The molecule has 0 aromatic rings. The van der Waals surface area contributed by atoms with E-state index in [2.05, 4.69) is 5.32 Å². The van der Waals surface area contributed by atoms with Gasteiger partial charge in [0, 0.05) is 6.54 Å². The van der Waals surface area contributed by atoms with Crippen LogP contribution in [0.2, 0.25) is 0 Å². The lowest BCUT2D eigenvalue weighted by Gasteiger charge is -2.26. The Balaban J connectivity index is 4.36. The molecule has 4 unspecified atom stereocenters. The molecule has 108 valence electrons. The molecule has 0 radical (unpaired) electrons. The van der Waals surface area contributed by atoms with Crippen LogP contribution in [0.3, 0.4) is 0 Å². The number of hydrogen-bond acceptors (Lipinski definition) is 6. The first-order valence-corrected chi connectivity index (χ1v) is 5.71. The van der Waals surface area contributed by atoms with Crippen LogP contribution in [0.15, 0.2) is 0 Å². The Morgan fingerprint density at radius 2 is 1.61 bits per heavy atom. The number of amides is 1. The minimum Gasteiger partial charge on any atom is -0.394 e. The topological polar surface area (TPSA) is 130 Å². The molecule has 6 N–H and O–H groups in total. The smallest absolute Gasteiger partial charge is 0.251 e. The molecule has 0 saturated carbocycles. The van der Waals surface area contributed by atoms with Crippen molar-refractivity contribution in [2.45, 2.75) is 45.2 Å². The van der Waals surface area contributed by atoms with Crippen molar-refractivity contribution >= 4 is 5.91 Å². The van der Waals surface area contributed by atoms with Crippen molar-refractivity contribution in [1.82, 2.24) is 5.32 Å². The largest absolute Gasteiger partial charge is 0.394 e. The second-order valence-electron chi connectivity index (χ2n) is 5.45. The quantitative estimate of drug-likeness (QED) is 0.317. The molecular weight excluding hydrogens is 242 g/mol. The van der Waals surface area contributed by atoms with Gasteiger partial charge in [0.15, 0.2) is 6.10 Å². The van der Waals surface area contributed by atoms with Crippen LogP contribution >= 0.6 is 0 Å². The maximum absolute atomic E-state index is 11.5. The number of hydrogen-bond donors (Lipinski definition) is 6. The van der Waals surface area contributed by atoms with Crippen LogP contribution in [0.4, 0.5) is 0 Å². The SMILES string of the molecule is CC(C)(C)CNC(=O)C(O)C(O)C(O)C(O)CO. The van der Waals surface area contributed by atoms with Crippen LogP contribution in [0.5, 0.6) is 0 Å². The second-order valence-corrected chi connectivity index (χ2v) is 5.45. The fourth-order valence-corrected chi connectivity index (χ4v) is 1.13. The van der Waals surface area contributed by atoms with Gasteiger partial charge in [-0.25, -0.2) is 0 Å². The first-order chi connectivity index (χ1) is 8.10. The third-order valence-corrected chi connectivity index (χ3v) is 2.32. The summed E-state index contributed by atoms with van der Waals surface area (Å²) in [6.07, 6.45) is -7.16. The highest BCUT2D eigenvalue weighted by molar-refractivity contribution is 5.81. The normalized spacial score (nSPS) is 18.9. The van der Waals surface area contributed by atoms with E-state index in [1.54, 1.807) is 0 Å². The van der Waals surface area contributed by atoms with Crippen molar-refractivity contribution < 1.29 is 30.3 Å². The second kappa shape index (κ2) is 7.01. The number of rotatable bonds is 6. The summed E-state index contributed by atoms with van der Waals surface area (Å²) in [6, 6.07) is 0. The summed E-state index contributed by atoms with van der Waals surface area (Å²) in [5, 5.41) is 48.3. The summed E-state index contributed by atoms with van der Waals surface area (Å²) >= 11 is 0. The van der Waals surface area contributed by atoms with Gasteiger partial charge in [0.1, 0.15) is 18.3 Å². The van der Waals surface area contributed by atoms with Crippen molar-refractivity contribution in [2.24, 2.45) is 5.41 Å². The van der Waals surface area contributed by atoms with Crippen LogP contribution < -0.4 is 5.32 Å². The van der Waals surface area contributed by atoms with E-state index in [4.69, 9.17) is 10.2 Å². The van der Waals surface area contributed by atoms with Crippen molar-refractivity contribution in [3.63, 3.8) is 0 Å². The minimum atomic E-state index is -1.87. The number of carbonyl (C=O) groups excluding carboxylic acids is 1. The summed E-state index contributed by atoms with van der Waals surface area (Å²) in [5.74, 6) is -0.846. The molecule has 7 heteroatoms. The van der Waals surface area contributed by atoms with Crippen LogP contribution in [-0.2, 0) is 4.79 Å². The van der Waals surface area contributed by atoms with Crippen molar-refractivity contribution in [2.75, 3.05) is 13.2 Å². The third-order valence-electron chi connectivity index (χ3n) is 2.32. The lowest BCUT2D eigenvalue weighted by Crippen LogP contribution is -2.52. The standard InChI is InChI=1S/C11H23NO6/c1-11(2,3)5-12-10(18)9(17)8(16)7(15)6(14)4-13/h6-9,13-17H,4-5H2,1-3H3,(H,12,18). The first-order valence-electron chi connectivity index (χ1n) is 5.71. The molecule has 0 aliphatic heterocycles. The van der Waals surface area contributed by atoms with Gasteiger partial charge >= 0.3 is 0 Å². The predicted octanol–water partition coefficient (Wildman–Crippen LogP) is -2.42. The van der Waals surface area contributed by atoms with E-state index in [0.29, 0.717) is 0 Å². The van der Waals surface area contributed by atoms with Gasteiger partial charge in [0.05, 0.1) is 6.61 Å². The lowest BCUT2D eigenvalue weighted by molar-refractivity contribution is -0.149. The third kappa shape index (κ3) is 5.74.